The van der Waals surface area contributed by atoms with Gasteiger partial charge in [0.15, 0.2) is 0 Å². The Morgan fingerprint density at radius 1 is 0.724 bits per heavy atom. The molecule has 0 amide bonds. The van der Waals surface area contributed by atoms with Gasteiger partial charge in [-0.2, -0.15) is 8.42 Å². The van der Waals surface area contributed by atoms with Crippen molar-refractivity contribution in [1.29, 1.82) is 0 Å². The molecule has 0 unspecified atom stereocenters. The molecule has 4 N–H and O–H groups in total. The second-order valence-corrected chi connectivity index (χ2v) is 7.68. The first kappa shape index (κ1) is 22.8. The second kappa shape index (κ2) is 10.9. The standard InChI is InChI=1S/C20H30N4O4S/c1-3-23(19-9-5-17(21)6-10-19)13-15-27-29(25,26)28-16-14-24(4-2)20-11-7-18(22)8-12-20/h5-12H,3-4,13-16,21-22H2,1-2H3. The highest BCUT2D eigenvalue weighted by molar-refractivity contribution is 7.81. The predicted octanol–water partition coefficient (Wildman–Crippen LogP) is 2.48. The van der Waals surface area contributed by atoms with Gasteiger partial charge in [-0.3, -0.25) is 0 Å². The monoisotopic (exact) mass is 422 g/mol. The first-order valence-corrected chi connectivity index (χ1v) is 10.9. The molecule has 2 aromatic carbocycles. The zero-order valence-electron chi connectivity index (χ0n) is 17.0. The molecule has 0 heterocycles. The number of hydrogen-bond acceptors (Lipinski definition) is 8. The molecule has 0 bridgehead atoms. The fourth-order valence-corrected chi connectivity index (χ4v) is 3.47. The van der Waals surface area contributed by atoms with Crippen LogP contribution in [-0.2, 0) is 18.8 Å². The van der Waals surface area contributed by atoms with Crippen molar-refractivity contribution in [2.75, 3.05) is 60.7 Å². The van der Waals surface area contributed by atoms with Crippen LogP contribution in [0.1, 0.15) is 13.8 Å². The molecule has 9 heteroatoms. The van der Waals surface area contributed by atoms with E-state index in [0.29, 0.717) is 37.6 Å². The van der Waals surface area contributed by atoms with E-state index < -0.39 is 10.4 Å². The molecule has 0 saturated heterocycles. The van der Waals surface area contributed by atoms with E-state index in [0.717, 1.165) is 11.4 Å². The minimum atomic E-state index is -4.06. The number of rotatable bonds is 12. The van der Waals surface area contributed by atoms with Crippen LogP contribution in [0.3, 0.4) is 0 Å². The Bertz CT molecular complexity index is 776. The van der Waals surface area contributed by atoms with Gasteiger partial charge in [0.1, 0.15) is 0 Å². The van der Waals surface area contributed by atoms with E-state index in [1.807, 2.05) is 47.9 Å². The molecule has 0 atom stereocenters. The van der Waals surface area contributed by atoms with Crippen LogP contribution >= 0.6 is 0 Å². The van der Waals surface area contributed by atoms with Crippen LogP contribution in [0.15, 0.2) is 48.5 Å². The molecular weight excluding hydrogens is 392 g/mol. The minimum absolute atomic E-state index is 0.00396. The SMILES string of the molecule is CCN(CCOS(=O)(=O)OCCN(CC)c1ccc(N)cc1)c1ccc(N)cc1. The Kier molecular flexibility index (Phi) is 8.56. The topological polar surface area (TPSA) is 111 Å². The van der Waals surface area contributed by atoms with E-state index >= 15 is 0 Å². The van der Waals surface area contributed by atoms with Crippen molar-refractivity contribution in [3.05, 3.63) is 48.5 Å². The summed E-state index contributed by atoms with van der Waals surface area (Å²) in [6, 6.07) is 14.8. The molecule has 0 aliphatic carbocycles. The summed E-state index contributed by atoms with van der Waals surface area (Å²) in [7, 11) is -4.06. The normalized spacial score (nSPS) is 11.4. The average Bonchev–Trinajstić information content (AvgIpc) is 2.70. The lowest BCUT2D eigenvalue weighted by molar-refractivity contribution is 0.221. The van der Waals surface area contributed by atoms with Crippen molar-refractivity contribution in [3.63, 3.8) is 0 Å². The third-order valence-corrected chi connectivity index (χ3v) is 5.37. The van der Waals surface area contributed by atoms with Gasteiger partial charge >= 0.3 is 10.4 Å². The molecule has 2 aromatic rings. The lowest BCUT2D eigenvalue weighted by Crippen LogP contribution is -2.30. The number of anilines is 4. The maximum Gasteiger partial charge on any atom is 0.399 e. The van der Waals surface area contributed by atoms with Gasteiger partial charge in [0, 0.05) is 48.9 Å². The fourth-order valence-electron chi connectivity index (χ4n) is 2.84. The summed E-state index contributed by atoms with van der Waals surface area (Å²) >= 11 is 0. The molecule has 0 aliphatic heterocycles. The lowest BCUT2D eigenvalue weighted by atomic mass is 10.2. The molecule has 0 spiro atoms. The van der Waals surface area contributed by atoms with Gasteiger partial charge in [-0.15, -0.1) is 0 Å². The largest absolute Gasteiger partial charge is 0.399 e. The van der Waals surface area contributed by atoms with Crippen molar-refractivity contribution in [3.8, 4) is 0 Å². The molecular formula is C20H30N4O4S. The summed E-state index contributed by atoms with van der Waals surface area (Å²) in [5.41, 5.74) is 14.7. The molecule has 2 rings (SSSR count). The number of hydrogen-bond donors (Lipinski definition) is 2. The van der Waals surface area contributed by atoms with E-state index in [-0.39, 0.29) is 13.2 Å². The number of nitrogens with zero attached hydrogens (tertiary/aromatic N) is 2. The first-order valence-electron chi connectivity index (χ1n) is 9.59. The van der Waals surface area contributed by atoms with Gasteiger partial charge in [-0.25, -0.2) is 8.37 Å². The van der Waals surface area contributed by atoms with Crippen molar-refractivity contribution in [1.82, 2.24) is 0 Å². The van der Waals surface area contributed by atoms with Crippen LogP contribution in [0.4, 0.5) is 22.7 Å². The predicted molar refractivity (Wildman–Crippen MR) is 118 cm³/mol. The third kappa shape index (κ3) is 7.45. The van der Waals surface area contributed by atoms with Crippen molar-refractivity contribution < 1.29 is 16.8 Å². The summed E-state index contributed by atoms with van der Waals surface area (Å²) in [5, 5.41) is 0. The molecule has 0 fully saturated rings. The second-order valence-electron chi connectivity index (χ2n) is 6.39. The highest BCUT2D eigenvalue weighted by Gasteiger charge is 2.14. The molecule has 8 nitrogen and oxygen atoms in total. The molecule has 0 saturated carbocycles. The average molecular weight is 423 g/mol. The molecule has 0 aliphatic rings. The number of nitrogens with two attached hydrogens (primary N) is 2. The number of benzene rings is 2. The molecule has 29 heavy (non-hydrogen) atoms. The number of likely N-dealkylation sites (N-methyl/N-ethyl adjacent to an activating group) is 2. The van der Waals surface area contributed by atoms with Gasteiger partial charge in [0.25, 0.3) is 0 Å². The summed E-state index contributed by atoms with van der Waals surface area (Å²) < 4.78 is 34.0. The fraction of sp³-hybridized carbons (Fsp3) is 0.400. The zero-order valence-corrected chi connectivity index (χ0v) is 17.8. The summed E-state index contributed by atoms with van der Waals surface area (Å²) in [4.78, 5) is 3.99. The van der Waals surface area contributed by atoms with Crippen LogP contribution in [-0.4, -0.2) is 47.8 Å². The molecule has 160 valence electrons. The lowest BCUT2D eigenvalue weighted by Gasteiger charge is -2.23. The summed E-state index contributed by atoms with van der Waals surface area (Å²) in [6.45, 7) is 6.20. The van der Waals surface area contributed by atoms with Crippen molar-refractivity contribution in [2.45, 2.75) is 13.8 Å². The Hall–Kier alpha value is -2.49. The Morgan fingerprint density at radius 3 is 1.38 bits per heavy atom. The van der Waals surface area contributed by atoms with Crippen LogP contribution in [0.25, 0.3) is 0 Å². The maximum atomic E-state index is 12.0. The van der Waals surface area contributed by atoms with E-state index in [2.05, 4.69) is 0 Å². The van der Waals surface area contributed by atoms with Gasteiger partial charge in [0.2, 0.25) is 0 Å². The summed E-state index contributed by atoms with van der Waals surface area (Å²) in [5.74, 6) is 0. The third-order valence-electron chi connectivity index (χ3n) is 4.46. The van der Waals surface area contributed by atoms with E-state index in [4.69, 9.17) is 19.8 Å². The maximum absolute atomic E-state index is 12.0. The Morgan fingerprint density at radius 2 is 1.07 bits per heavy atom. The van der Waals surface area contributed by atoms with Gasteiger partial charge in [-0.1, -0.05) is 0 Å². The van der Waals surface area contributed by atoms with E-state index in [1.165, 1.54) is 0 Å². The zero-order chi connectivity index (χ0) is 21.3. The summed E-state index contributed by atoms with van der Waals surface area (Å²) in [6.07, 6.45) is 0. The van der Waals surface area contributed by atoms with E-state index in [1.54, 1.807) is 24.3 Å². The Labute approximate surface area is 173 Å². The van der Waals surface area contributed by atoms with Gasteiger partial charge in [0.05, 0.1) is 13.2 Å². The smallest absolute Gasteiger partial charge is 0.399 e. The van der Waals surface area contributed by atoms with Gasteiger partial charge < -0.3 is 21.3 Å². The van der Waals surface area contributed by atoms with Crippen LogP contribution in [0.5, 0.6) is 0 Å². The molecule has 0 aromatic heterocycles. The molecule has 0 radical (unpaired) electrons. The first-order chi connectivity index (χ1) is 13.8. The van der Waals surface area contributed by atoms with E-state index in [9.17, 15) is 8.42 Å². The minimum Gasteiger partial charge on any atom is -0.399 e. The number of nitrogen functional groups attached to an aromatic ring is 2. The van der Waals surface area contributed by atoms with Crippen molar-refractivity contribution in [2.24, 2.45) is 0 Å². The quantitative estimate of drug-likeness (QED) is 0.502. The van der Waals surface area contributed by atoms with Gasteiger partial charge in [-0.05, 0) is 62.4 Å². The van der Waals surface area contributed by atoms with Crippen LogP contribution in [0, 0.1) is 0 Å². The van der Waals surface area contributed by atoms with Crippen molar-refractivity contribution >= 4 is 33.1 Å². The highest BCUT2D eigenvalue weighted by Crippen LogP contribution is 2.17. The van der Waals surface area contributed by atoms with Crippen LogP contribution < -0.4 is 21.3 Å². The van der Waals surface area contributed by atoms with Crippen LogP contribution in [0.2, 0.25) is 0 Å². The Balaban J connectivity index is 1.78. The highest BCUT2D eigenvalue weighted by atomic mass is 32.3.